The molecule has 1 aromatic rings. The molecule has 0 aromatic heterocycles. The van der Waals surface area contributed by atoms with Crippen molar-refractivity contribution in [2.24, 2.45) is 5.73 Å². The first-order chi connectivity index (χ1) is 8.19. The largest absolute Gasteiger partial charge is 0.493 e. The zero-order valence-corrected chi connectivity index (χ0v) is 10.9. The Morgan fingerprint density at radius 1 is 1.18 bits per heavy atom. The minimum atomic E-state index is 0.424. The van der Waals surface area contributed by atoms with Gasteiger partial charge in [0, 0.05) is 18.2 Å². The number of halogens is 1. The second-order valence-electron chi connectivity index (χ2n) is 3.18. The van der Waals surface area contributed by atoms with E-state index in [2.05, 4.69) is 0 Å². The molecule has 0 amide bonds. The van der Waals surface area contributed by atoms with Gasteiger partial charge in [-0.1, -0.05) is 23.8 Å². The molecule has 0 aliphatic rings. The highest BCUT2D eigenvalue weighted by Gasteiger charge is 2.17. The van der Waals surface area contributed by atoms with Gasteiger partial charge in [0.15, 0.2) is 11.5 Å². The van der Waals surface area contributed by atoms with Crippen LogP contribution in [0.1, 0.15) is 5.56 Å². The van der Waals surface area contributed by atoms with Crippen LogP contribution >= 0.6 is 11.6 Å². The summed E-state index contributed by atoms with van der Waals surface area (Å²) in [6.07, 6.45) is 3.58. The Labute approximate surface area is 106 Å². The molecule has 0 atom stereocenters. The molecule has 94 valence electrons. The van der Waals surface area contributed by atoms with E-state index in [4.69, 9.17) is 31.5 Å². The maximum atomic E-state index is 6.15. The van der Waals surface area contributed by atoms with E-state index in [9.17, 15) is 0 Å². The van der Waals surface area contributed by atoms with Crippen LogP contribution in [0, 0.1) is 0 Å². The molecule has 0 saturated carbocycles. The Balaban J connectivity index is 3.43. The smallest absolute Gasteiger partial charge is 0.204 e. The molecule has 4 nitrogen and oxygen atoms in total. The summed E-state index contributed by atoms with van der Waals surface area (Å²) in [7, 11) is 4.64. The molecule has 5 heteroatoms. The van der Waals surface area contributed by atoms with Gasteiger partial charge >= 0.3 is 0 Å². The predicted octanol–water partition coefficient (Wildman–Crippen LogP) is 2.34. The lowest BCUT2D eigenvalue weighted by Gasteiger charge is -2.15. The second-order valence-corrected chi connectivity index (χ2v) is 3.59. The summed E-state index contributed by atoms with van der Waals surface area (Å²) < 4.78 is 15.7. The summed E-state index contributed by atoms with van der Waals surface area (Å²) in [6.45, 7) is 0.424. The number of hydrogen-bond acceptors (Lipinski definition) is 4. The Morgan fingerprint density at radius 2 is 1.82 bits per heavy atom. The van der Waals surface area contributed by atoms with Crippen molar-refractivity contribution in [2.45, 2.75) is 0 Å². The monoisotopic (exact) mass is 257 g/mol. The number of rotatable bonds is 5. The van der Waals surface area contributed by atoms with Crippen molar-refractivity contribution in [1.82, 2.24) is 0 Å². The summed E-state index contributed by atoms with van der Waals surface area (Å²) in [6, 6.07) is 1.68. The van der Waals surface area contributed by atoms with Crippen LogP contribution in [0.15, 0.2) is 12.1 Å². The Kier molecular flexibility index (Phi) is 5.12. The lowest BCUT2D eigenvalue weighted by atomic mass is 10.1. The lowest BCUT2D eigenvalue weighted by molar-refractivity contribution is 0.324. The molecule has 0 bridgehead atoms. The van der Waals surface area contributed by atoms with Crippen LogP contribution in [-0.4, -0.2) is 27.9 Å². The van der Waals surface area contributed by atoms with Crippen molar-refractivity contribution in [1.29, 1.82) is 0 Å². The molecule has 0 unspecified atom stereocenters. The van der Waals surface area contributed by atoms with Gasteiger partial charge in [0.2, 0.25) is 5.75 Å². The van der Waals surface area contributed by atoms with Crippen LogP contribution in [0.2, 0.25) is 5.02 Å². The zero-order valence-electron chi connectivity index (χ0n) is 10.1. The normalized spacial score (nSPS) is 10.6. The van der Waals surface area contributed by atoms with E-state index in [1.165, 1.54) is 0 Å². The van der Waals surface area contributed by atoms with E-state index in [1.807, 2.05) is 0 Å². The molecule has 0 radical (unpaired) electrons. The van der Waals surface area contributed by atoms with Crippen molar-refractivity contribution in [2.75, 3.05) is 27.9 Å². The molecule has 0 heterocycles. The molecule has 2 N–H and O–H groups in total. The molecular formula is C12H16ClNO3. The maximum absolute atomic E-state index is 6.15. The van der Waals surface area contributed by atoms with E-state index in [-0.39, 0.29) is 0 Å². The van der Waals surface area contributed by atoms with Crippen LogP contribution in [-0.2, 0) is 0 Å². The van der Waals surface area contributed by atoms with Crippen molar-refractivity contribution in [3.8, 4) is 17.2 Å². The van der Waals surface area contributed by atoms with Crippen LogP contribution in [0.4, 0.5) is 0 Å². The first-order valence-electron chi connectivity index (χ1n) is 5.04. The topological polar surface area (TPSA) is 53.7 Å². The average molecular weight is 258 g/mol. The maximum Gasteiger partial charge on any atom is 0.204 e. The molecule has 0 aliphatic heterocycles. The molecule has 1 rings (SSSR count). The van der Waals surface area contributed by atoms with Gasteiger partial charge in [0.05, 0.1) is 26.4 Å². The molecular weight excluding hydrogens is 242 g/mol. The van der Waals surface area contributed by atoms with Crippen LogP contribution < -0.4 is 19.9 Å². The van der Waals surface area contributed by atoms with Gasteiger partial charge in [-0.15, -0.1) is 0 Å². The molecule has 0 fully saturated rings. The van der Waals surface area contributed by atoms with Gasteiger partial charge in [-0.2, -0.15) is 0 Å². The quantitative estimate of drug-likeness (QED) is 0.880. The summed E-state index contributed by atoms with van der Waals surface area (Å²) >= 11 is 6.15. The zero-order chi connectivity index (χ0) is 12.8. The van der Waals surface area contributed by atoms with Gasteiger partial charge in [-0.3, -0.25) is 0 Å². The number of methoxy groups -OCH3 is 3. The van der Waals surface area contributed by atoms with Crippen molar-refractivity contribution in [3.05, 3.63) is 22.7 Å². The van der Waals surface area contributed by atoms with E-state index in [1.54, 1.807) is 39.5 Å². The van der Waals surface area contributed by atoms with Crippen LogP contribution in [0.5, 0.6) is 17.2 Å². The third-order valence-corrected chi connectivity index (χ3v) is 2.55. The fourth-order valence-corrected chi connectivity index (χ4v) is 1.74. The van der Waals surface area contributed by atoms with E-state index < -0.39 is 0 Å². The number of benzene rings is 1. The first-order valence-corrected chi connectivity index (χ1v) is 5.42. The highest BCUT2D eigenvalue weighted by molar-refractivity contribution is 6.32. The Morgan fingerprint density at radius 3 is 2.29 bits per heavy atom. The van der Waals surface area contributed by atoms with Crippen LogP contribution in [0.3, 0.4) is 0 Å². The van der Waals surface area contributed by atoms with Crippen LogP contribution in [0.25, 0.3) is 6.08 Å². The fraction of sp³-hybridized carbons (Fsp3) is 0.333. The molecule has 0 saturated heterocycles. The van der Waals surface area contributed by atoms with E-state index in [0.717, 1.165) is 5.56 Å². The van der Waals surface area contributed by atoms with E-state index >= 15 is 0 Å². The minimum Gasteiger partial charge on any atom is -0.493 e. The molecule has 0 spiro atoms. The van der Waals surface area contributed by atoms with Gasteiger partial charge < -0.3 is 19.9 Å². The van der Waals surface area contributed by atoms with Gasteiger partial charge in [-0.05, 0) is 0 Å². The first kappa shape index (κ1) is 13.7. The fourth-order valence-electron chi connectivity index (χ4n) is 1.49. The second kappa shape index (κ2) is 6.37. The van der Waals surface area contributed by atoms with Gasteiger partial charge in [-0.25, -0.2) is 0 Å². The summed E-state index contributed by atoms with van der Waals surface area (Å²) in [5.41, 5.74) is 6.14. The molecule has 0 aliphatic carbocycles. The van der Waals surface area contributed by atoms with Gasteiger partial charge in [0.25, 0.3) is 0 Å². The molecule has 1 aromatic carbocycles. The Hall–Kier alpha value is -1.39. The summed E-state index contributed by atoms with van der Waals surface area (Å²) in [4.78, 5) is 0. The Bertz CT molecular complexity index is 419. The lowest BCUT2D eigenvalue weighted by Crippen LogP contribution is -1.98. The average Bonchev–Trinajstić information content (AvgIpc) is 2.35. The van der Waals surface area contributed by atoms with Crippen molar-refractivity contribution < 1.29 is 14.2 Å². The molecule has 17 heavy (non-hydrogen) atoms. The highest BCUT2D eigenvalue weighted by atomic mass is 35.5. The van der Waals surface area contributed by atoms with Crippen molar-refractivity contribution >= 4 is 17.7 Å². The minimum absolute atomic E-state index is 0.424. The highest BCUT2D eigenvalue weighted by Crippen LogP contribution is 2.44. The number of hydrogen-bond donors (Lipinski definition) is 1. The SMILES string of the molecule is COc1cc(Cl)c(/C=C/CN)c(OC)c1OC. The third-order valence-electron chi connectivity index (χ3n) is 2.24. The predicted molar refractivity (Wildman–Crippen MR) is 69.2 cm³/mol. The summed E-state index contributed by atoms with van der Waals surface area (Å²) in [5, 5.41) is 0.518. The van der Waals surface area contributed by atoms with Gasteiger partial charge in [0.1, 0.15) is 0 Å². The van der Waals surface area contributed by atoms with E-state index in [0.29, 0.717) is 28.8 Å². The third kappa shape index (κ3) is 2.84. The summed E-state index contributed by atoms with van der Waals surface area (Å²) in [5.74, 6) is 1.57. The van der Waals surface area contributed by atoms with Crippen molar-refractivity contribution in [3.63, 3.8) is 0 Å². The number of nitrogens with two attached hydrogens (primary N) is 1. The number of ether oxygens (including phenoxy) is 3. The standard InChI is InChI=1S/C12H16ClNO3/c1-15-10-7-9(13)8(5-4-6-14)11(16-2)12(10)17-3/h4-5,7H,6,14H2,1-3H3/b5-4+.